The number of benzene rings is 3. The van der Waals surface area contributed by atoms with Gasteiger partial charge < -0.3 is 4.74 Å². The molecule has 1 atom stereocenters. The number of carbonyl (C=O) groups is 2. The third kappa shape index (κ3) is 3.81. The van der Waals surface area contributed by atoms with Crippen molar-refractivity contribution in [2.45, 2.75) is 6.61 Å². The molecule has 144 valence electrons. The lowest BCUT2D eigenvalue weighted by molar-refractivity contribution is -0.151. The molecule has 3 aromatic rings. The first-order chi connectivity index (χ1) is 14.1. The van der Waals surface area contributed by atoms with E-state index in [4.69, 9.17) is 10.6 Å². The number of anilines is 1. The largest absolute Gasteiger partial charge is 0.460 e. The molecule has 0 aliphatic carbocycles. The summed E-state index contributed by atoms with van der Waals surface area (Å²) in [4.78, 5) is 25.8. The maximum absolute atomic E-state index is 13.0. The van der Waals surface area contributed by atoms with Crippen LogP contribution in [0.1, 0.15) is 16.7 Å². The number of nitrogens with two attached hydrogens (primary N) is 1. The fraction of sp³-hybridized carbons (Fsp3) is 0.0833. The number of hydrogen-bond donors (Lipinski definition) is 1. The number of nitrogens with zero attached hydrogens (tertiary/aromatic N) is 1. The van der Waals surface area contributed by atoms with Gasteiger partial charge in [-0.1, -0.05) is 84.9 Å². The molecule has 4 rings (SSSR count). The summed E-state index contributed by atoms with van der Waals surface area (Å²) in [6.07, 6.45) is 1.65. The van der Waals surface area contributed by atoms with E-state index in [-0.39, 0.29) is 6.61 Å². The third-order valence-corrected chi connectivity index (χ3v) is 4.85. The summed E-state index contributed by atoms with van der Waals surface area (Å²) in [6, 6.07) is 26.3. The molecule has 3 aromatic carbocycles. The summed E-state index contributed by atoms with van der Waals surface area (Å²) in [5.41, 5.74) is 3.84. The van der Waals surface area contributed by atoms with Crippen LogP contribution < -0.4 is 10.9 Å². The Balaban J connectivity index is 1.72. The Morgan fingerprint density at radius 2 is 1.52 bits per heavy atom. The molecule has 5 nitrogen and oxygen atoms in total. The Morgan fingerprint density at radius 3 is 2.24 bits per heavy atom. The number of ether oxygens (including phenoxy) is 1. The highest BCUT2D eigenvalue weighted by molar-refractivity contribution is 6.11. The molecule has 1 aliphatic rings. The number of carbonyl (C=O) groups excluding carboxylic acids is 2. The van der Waals surface area contributed by atoms with Crippen LogP contribution in [0, 0.1) is 5.92 Å². The van der Waals surface area contributed by atoms with Crippen LogP contribution in [0.25, 0.3) is 5.57 Å². The van der Waals surface area contributed by atoms with Gasteiger partial charge in [0.1, 0.15) is 6.61 Å². The molecule has 5 heteroatoms. The van der Waals surface area contributed by atoms with Gasteiger partial charge >= 0.3 is 5.97 Å². The molecule has 0 saturated carbocycles. The van der Waals surface area contributed by atoms with Crippen molar-refractivity contribution in [2.75, 3.05) is 5.01 Å². The average Bonchev–Trinajstić information content (AvgIpc) is 2.89. The first-order valence-corrected chi connectivity index (χ1v) is 9.31. The first kappa shape index (κ1) is 18.7. The number of amides is 1. The number of esters is 1. The fourth-order valence-corrected chi connectivity index (χ4v) is 3.36. The van der Waals surface area contributed by atoms with Crippen molar-refractivity contribution < 1.29 is 14.3 Å². The van der Waals surface area contributed by atoms with Gasteiger partial charge in [-0.05, 0) is 22.8 Å². The van der Waals surface area contributed by atoms with Crippen molar-refractivity contribution in [1.29, 1.82) is 0 Å². The zero-order valence-corrected chi connectivity index (χ0v) is 15.7. The van der Waals surface area contributed by atoms with Crippen molar-refractivity contribution in [1.82, 2.24) is 0 Å². The average molecular weight is 384 g/mol. The van der Waals surface area contributed by atoms with Gasteiger partial charge in [-0.2, -0.15) is 0 Å². The van der Waals surface area contributed by atoms with E-state index in [9.17, 15) is 9.59 Å². The highest BCUT2D eigenvalue weighted by atomic mass is 16.5. The molecule has 0 saturated heterocycles. The maximum Gasteiger partial charge on any atom is 0.322 e. The molecule has 0 fully saturated rings. The van der Waals surface area contributed by atoms with Gasteiger partial charge in [0.2, 0.25) is 0 Å². The van der Waals surface area contributed by atoms with Crippen LogP contribution in [0.2, 0.25) is 0 Å². The highest BCUT2D eigenvalue weighted by Crippen LogP contribution is 2.35. The first-order valence-electron chi connectivity index (χ1n) is 9.31. The van der Waals surface area contributed by atoms with Gasteiger partial charge in [-0.25, -0.2) is 10.9 Å². The normalized spacial score (nSPS) is 15.9. The van der Waals surface area contributed by atoms with E-state index in [1.807, 2.05) is 78.9 Å². The standard InChI is InChI=1S/C24H20N2O3/c25-26-22-14-8-7-13-19(22)20(18-11-5-2-6-12-18)15-21(23(26)27)24(28)29-16-17-9-3-1-4-10-17/h1-15,21H,16,25H2. The van der Waals surface area contributed by atoms with E-state index in [0.717, 1.165) is 27.3 Å². The predicted octanol–water partition coefficient (Wildman–Crippen LogP) is 3.70. The van der Waals surface area contributed by atoms with Gasteiger partial charge in [0.05, 0.1) is 5.69 Å². The lowest BCUT2D eigenvalue weighted by Gasteiger charge is -2.20. The van der Waals surface area contributed by atoms with E-state index in [1.165, 1.54) is 0 Å². The second-order valence-corrected chi connectivity index (χ2v) is 6.74. The van der Waals surface area contributed by atoms with E-state index in [0.29, 0.717) is 5.69 Å². The maximum atomic E-state index is 13.0. The smallest absolute Gasteiger partial charge is 0.322 e. The zero-order chi connectivity index (χ0) is 20.2. The Hall–Kier alpha value is -3.70. The third-order valence-electron chi connectivity index (χ3n) is 4.85. The van der Waals surface area contributed by atoms with Crippen LogP contribution in [0.15, 0.2) is 91.0 Å². The number of hydrazine groups is 1. The topological polar surface area (TPSA) is 72.6 Å². The number of hydrogen-bond acceptors (Lipinski definition) is 4. The predicted molar refractivity (Wildman–Crippen MR) is 111 cm³/mol. The Bertz CT molecular complexity index is 1060. The van der Waals surface area contributed by atoms with Gasteiger partial charge in [-0.15, -0.1) is 0 Å². The quantitative estimate of drug-likeness (QED) is 0.322. The summed E-state index contributed by atoms with van der Waals surface area (Å²) < 4.78 is 5.44. The zero-order valence-electron chi connectivity index (χ0n) is 15.7. The summed E-state index contributed by atoms with van der Waals surface area (Å²) >= 11 is 0. The molecule has 1 aliphatic heterocycles. The number of para-hydroxylation sites is 1. The van der Waals surface area contributed by atoms with Crippen LogP contribution in [0.3, 0.4) is 0 Å². The van der Waals surface area contributed by atoms with Crippen molar-refractivity contribution in [3.8, 4) is 0 Å². The lowest BCUT2D eigenvalue weighted by Crippen LogP contribution is -2.43. The Kier molecular flexibility index (Phi) is 5.22. The molecular formula is C24H20N2O3. The lowest BCUT2D eigenvalue weighted by atomic mass is 9.94. The molecule has 1 unspecified atom stereocenters. The van der Waals surface area contributed by atoms with Crippen molar-refractivity contribution >= 4 is 23.1 Å². The monoisotopic (exact) mass is 384 g/mol. The van der Waals surface area contributed by atoms with Gasteiger partial charge in [-0.3, -0.25) is 9.59 Å². The van der Waals surface area contributed by atoms with Gasteiger partial charge in [0, 0.05) is 5.56 Å². The van der Waals surface area contributed by atoms with Crippen LogP contribution in [-0.2, 0) is 20.9 Å². The molecule has 0 bridgehead atoms. The van der Waals surface area contributed by atoms with Gasteiger partial charge in [0.25, 0.3) is 5.91 Å². The summed E-state index contributed by atoms with van der Waals surface area (Å²) in [6.45, 7) is 0.0927. The van der Waals surface area contributed by atoms with E-state index < -0.39 is 17.8 Å². The molecular weight excluding hydrogens is 364 g/mol. The van der Waals surface area contributed by atoms with Crippen LogP contribution in [0.4, 0.5) is 5.69 Å². The van der Waals surface area contributed by atoms with Crippen molar-refractivity contribution in [3.63, 3.8) is 0 Å². The molecule has 2 N–H and O–H groups in total. The molecule has 0 spiro atoms. The minimum Gasteiger partial charge on any atom is -0.460 e. The SMILES string of the molecule is NN1C(=O)C(C(=O)OCc2ccccc2)C=C(c2ccccc2)c2ccccc21. The highest BCUT2D eigenvalue weighted by Gasteiger charge is 2.34. The fourth-order valence-electron chi connectivity index (χ4n) is 3.36. The van der Waals surface area contributed by atoms with Crippen LogP contribution in [-0.4, -0.2) is 11.9 Å². The van der Waals surface area contributed by atoms with E-state index in [1.54, 1.807) is 12.1 Å². The molecule has 1 heterocycles. The van der Waals surface area contributed by atoms with E-state index in [2.05, 4.69) is 0 Å². The van der Waals surface area contributed by atoms with Crippen molar-refractivity contribution in [3.05, 3.63) is 108 Å². The minimum atomic E-state index is -1.13. The van der Waals surface area contributed by atoms with E-state index >= 15 is 0 Å². The van der Waals surface area contributed by atoms with Gasteiger partial charge in [0.15, 0.2) is 5.92 Å². The Morgan fingerprint density at radius 1 is 0.897 bits per heavy atom. The second-order valence-electron chi connectivity index (χ2n) is 6.74. The summed E-state index contributed by atoms with van der Waals surface area (Å²) in [7, 11) is 0. The molecule has 0 aromatic heterocycles. The minimum absolute atomic E-state index is 0.0927. The second kappa shape index (κ2) is 8.12. The molecule has 1 amide bonds. The molecule has 0 radical (unpaired) electrons. The van der Waals surface area contributed by atoms with Crippen molar-refractivity contribution in [2.24, 2.45) is 11.8 Å². The summed E-state index contributed by atoms with van der Waals surface area (Å²) in [5.74, 6) is 3.82. The number of rotatable bonds is 4. The summed E-state index contributed by atoms with van der Waals surface area (Å²) in [5, 5.41) is 1.04. The number of fused-ring (bicyclic) bond motifs is 1. The Labute approximate surface area is 169 Å². The molecule has 29 heavy (non-hydrogen) atoms. The van der Waals surface area contributed by atoms with Crippen LogP contribution >= 0.6 is 0 Å². The van der Waals surface area contributed by atoms with Crippen LogP contribution in [0.5, 0.6) is 0 Å².